The number of aromatic nitrogens is 6. The molecule has 1 unspecified atom stereocenters. The van der Waals surface area contributed by atoms with Crippen molar-refractivity contribution >= 4 is 46.5 Å². The number of anilines is 1. The molecule has 3 aromatic heterocycles. The molecule has 0 radical (unpaired) electrons. The standard InChI is InChI=1S/C54H72N7O13PSeSi/c1-32(2)27-55-51-57-46-41(48(63)58-51)56-31-61(46)50-44(67-9)42(39(71-50)29-69-54(34-17-15-14-16-18-34,35-19-23-37(65-7)24-20-35)36-21-25-38(66-8)26-22-36)73-75(11,76)70-30-40-43(74-77(12,13)53(4,5)6)45(68-10)49(72-40)60-28-33(3)47(62)59-52(60)64/h14-26,28,31-32,39-40,42-45,49-50H,27,29-30H2,1-13H3,(H,59,62,64)(H2,55,57,58,63)/t39-,40-,42-,43-,44-,45-,49-,50-,75?/m1/s1. The molecule has 0 amide bonds. The number of benzene rings is 3. The van der Waals surface area contributed by atoms with E-state index < -0.39 is 85.8 Å². The van der Waals surface area contributed by atoms with Crippen molar-refractivity contribution in [2.45, 2.75) is 114 Å². The Morgan fingerprint density at radius 3 is 1.88 bits per heavy atom. The van der Waals surface area contributed by atoms with Crippen LogP contribution in [-0.2, 0) is 42.8 Å². The molecule has 0 aliphatic carbocycles. The van der Waals surface area contributed by atoms with Crippen LogP contribution in [0.15, 0.2) is 106 Å². The number of nitrogens with zero attached hydrogens (tertiary/aromatic N) is 4. The zero-order chi connectivity index (χ0) is 55.6. The van der Waals surface area contributed by atoms with Crippen LogP contribution in [0.25, 0.3) is 11.2 Å². The Kier molecular flexibility index (Phi) is 17.9. The third-order valence-corrected chi connectivity index (χ3v) is 21.5. The van der Waals surface area contributed by atoms with Crippen molar-refractivity contribution in [1.82, 2.24) is 29.1 Å². The fraction of sp³-hybridized carbons (Fsp3) is 0.500. The molecule has 8 rings (SSSR count). The van der Waals surface area contributed by atoms with E-state index in [0.29, 0.717) is 23.6 Å². The van der Waals surface area contributed by atoms with E-state index in [2.05, 4.69) is 83.1 Å². The van der Waals surface area contributed by atoms with Gasteiger partial charge in [-0.2, -0.15) is 0 Å². The number of ether oxygens (including phenoxy) is 7. The summed E-state index contributed by atoms with van der Waals surface area (Å²) < 4.78 is 69.1. The van der Waals surface area contributed by atoms with Crippen LogP contribution in [-0.4, -0.2) is 144 Å². The SMILES string of the molecule is COc1ccc(C(OC[C@H]2O[C@@H](n3cnc4c(=O)[nH]c(NCC(C)C)nc43)[C@H](OC)[C@@H]2OP(C)(=[Se])OC[C@H]2O[C@@H](n3cc(C)c(=O)[nH]c3=O)[C@H](OC)[C@@H]2O[Si](C)(C)C(C)(C)C)(c2ccccc2)c2ccc(OC)cc2)cc1. The number of methoxy groups -OCH3 is 4. The molecule has 2 saturated heterocycles. The van der Waals surface area contributed by atoms with Gasteiger partial charge < -0.3 is 0 Å². The van der Waals surface area contributed by atoms with Crippen LogP contribution in [0, 0.1) is 12.8 Å². The molecular formula is C54H72N7O13PSeSi. The van der Waals surface area contributed by atoms with Crippen LogP contribution >= 0.6 is 5.96 Å². The second kappa shape index (κ2) is 23.7. The Morgan fingerprint density at radius 1 is 0.766 bits per heavy atom. The first-order valence-electron chi connectivity index (χ1n) is 25.5. The molecule has 2 aliphatic rings. The van der Waals surface area contributed by atoms with Crippen molar-refractivity contribution in [3.05, 3.63) is 145 Å². The van der Waals surface area contributed by atoms with Crippen molar-refractivity contribution in [3.8, 4) is 11.5 Å². The van der Waals surface area contributed by atoms with Gasteiger partial charge in [-0.3, -0.25) is 0 Å². The second-order valence-electron chi connectivity index (χ2n) is 21.3. The zero-order valence-corrected chi connectivity index (χ0v) is 49.5. The minimum atomic E-state index is -3.08. The molecule has 0 saturated carbocycles. The van der Waals surface area contributed by atoms with Gasteiger partial charge in [-0.15, -0.1) is 0 Å². The number of rotatable bonds is 22. The first-order chi connectivity index (χ1) is 36.5. The van der Waals surface area contributed by atoms with Crippen LogP contribution in [0.3, 0.4) is 0 Å². The summed E-state index contributed by atoms with van der Waals surface area (Å²) >= 11 is 3.23. The van der Waals surface area contributed by atoms with E-state index in [1.54, 1.807) is 39.9 Å². The predicted molar refractivity (Wildman–Crippen MR) is 297 cm³/mol. The number of H-pyrrole nitrogens is 2. The molecule has 2 fully saturated rings. The molecule has 6 aromatic rings. The van der Waals surface area contributed by atoms with Gasteiger partial charge in [0.25, 0.3) is 0 Å². The van der Waals surface area contributed by atoms with Crippen LogP contribution in [0.2, 0.25) is 18.1 Å². The first-order valence-corrected chi connectivity index (χ1v) is 32.7. The van der Waals surface area contributed by atoms with Gasteiger partial charge in [-0.25, -0.2) is 0 Å². The maximum absolute atomic E-state index is 13.5. The number of imidazole rings is 1. The average Bonchev–Trinajstić information content (AvgIpc) is 4.24. The van der Waals surface area contributed by atoms with E-state index in [1.807, 2.05) is 85.5 Å². The maximum atomic E-state index is 13.5. The van der Waals surface area contributed by atoms with Gasteiger partial charge in [-0.05, 0) is 0 Å². The van der Waals surface area contributed by atoms with Crippen molar-refractivity contribution in [2.24, 2.45) is 5.92 Å². The minimum absolute atomic E-state index is 0.0586. The Labute approximate surface area is 456 Å². The Hall–Kier alpha value is -5.06. The topological polar surface area (TPSA) is 223 Å². The molecular weight excluding hydrogens is 1090 g/mol. The summed E-state index contributed by atoms with van der Waals surface area (Å²) in [5.41, 5.74) is 0.331. The van der Waals surface area contributed by atoms with Gasteiger partial charge in [0.2, 0.25) is 0 Å². The van der Waals surface area contributed by atoms with Gasteiger partial charge in [0, 0.05) is 0 Å². The summed E-state index contributed by atoms with van der Waals surface area (Å²) in [5.74, 6) is -1.20. The summed E-state index contributed by atoms with van der Waals surface area (Å²) in [6.07, 6.45) is -3.86. The van der Waals surface area contributed by atoms with Gasteiger partial charge in [0.15, 0.2) is 0 Å². The van der Waals surface area contributed by atoms with E-state index in [0.717, 1.165) is 16.7 Å². The Morgan fingerprint density at radius 2 is 1.32 bits per heavy atom. The fourth-order valence-electron chi connectivity index (χ4n) is 9.43. The van der Waals surface area contributed by atoms with Crippen molar-refractivity contribution in [2.75, 3.05) is 60.2 Å². The number of hydrogen-bond acceptors (Lipinski definition) is 16. The molecule has 2 aliphatic heterocycles. The summed E-state index contributed by atoms with van der Waals surface area (Å²) in [6, 6.07) is 25.4. The second-order valence-corrected chi connectivity index (χ2v) is 32.3. The van der Waals surface area contributed by atoms with Gasteiger partial charge in [-0.1, -0.05) is 13.8 Å². The summed E-state index contributed by atoms with van der Waals surface area (Å²) in [7, 11) is 3.82. The Balaban J connectivity index is 1.19. The molecule has 23 heteroatoms. The molecule has 9 atom stereocenters. The van der Waals surface area contributed by atoms with E-state index >= 15 is 0 Å². The van der Waals surface area contributed by atoms with Crippen LogP contribution in [0.5, 0.6) is 11.5 Å². The Bertz CT molecular complexity index is 3160. The molecule has 0 bridgehead atoms. The van der Waals surface area contributed by atoms with Crippen molar-refractivity contribution < 1.29 is 46.6 Å². The predicted octanol–water partition coefficient (Wildman–Crippen LogP) is 7.25. The van der Waals surface area contributed by atoms with Gasteiger partial charge in [0.1, 0.15) is 0 Å². The zero-order valence-electron chi connectivity index (χ0n) is 45.9. The quantitative estimate of drug-likeness (QED) is 0.0346. The van der Waals surface area contributed by atoms with Crippen molar-refractivity contribution in [1.29, 1.82) is 0 Å². The molecule has 3 aromatic carbocycles. The molecule has 0 spiro atoms. The number of fused-ring (bicyclic) bond motifs is 1. The molecule has 77 heavy (non-hydrogen) atoms. The third-order valence-electron chi connectivity index (χ3n) is 14.6. The third kappa shape index (κ3) is 12.2. The van der Waals surface area contributed by atoms with Crippen molar-refractivity contribution in [3.63, 3.8) is 0 Å². The summed E-state index contributed by atoms with van der Waals surface area (Å²) in [4.78, 5) is 54.0. The van der Waals surface area contributed by atoms with Crippen LogP contribution in [0.1, 0.15) is 69.3 Å². The normalized spacial score (nSPS) is 22.9. The molecule has 3 N–H and O–H groups in total. The van der Waals surface area contributed by atoms with Gasteiger partial charge in [0.05, 0.1) is 14.2 Å². The monoisotopic (exact) mass is 1170 g/mol. The summed E-state index contributed by atoms with van der Waals surface area (Å²) in [6.45, 7) is 18.7. The number of hydrogen-bond donors (Lipinski definition) is 3. The van der Waals surface area contributed by atoms with E-state index in [4.69, 9.17) is 51.6 Å². The fourth-order valence-corrected chi connectivity index (χ4v) is 12.9. The van der Waals surface area contributed by atoms with E-state index in [-0.39, 0.29) is 41.3 Å². The molecule has 416 valence electrons. The molecule has 5 heterocycles. The molecule has 20 nitrogen and oxygen atoms in total. The van der Waals surface area contributed by atoms with E-state index in [1.165, 1.54) is 17.1 Å². The first kappa shape index (κ1) is 58.1. The average molecular weight is 1170 g/mol. The number of aryl methyl sites for hydroxylation is 1. The van der Waals surface area contributed by atoms with E-state index in [9.17, 15) is 14.4 Å². The van der Waals surface area contributed by atoms with Crippen LogP contribution < -0.4 is 31.6 Å². The van der Waals surface area contributed by atoms with Gasteiger partial charge >= 0.3 is 431 Å². The number of nitrogens with one attached hydrogen (secondary N) is 3. The number of aromatic amines is 2. The summed E-state index contributed by atoms with van der Waals surface area (Å²) in [5, 5.41) is 3.02. The van der Waals surface area contributed by atoms with Crippen LogP contribution in [0.4, 0.5) is 5.95 Å².